The maximum absolute atomic E-state index is 9.56. The van der Waals surface area contributed by atoms with Crippen LogP contribution in [0.3, 0.4) is 0 Å². The smallest absolute Gasteiger partial charge is 0.229 e. The Morgan fingerprint density at radius 3 is 2.44 bits per heavy atom. The first-order valence-electron chi connectivity index (χ1n) is 4.75. The summed E-state index contributed by atoms with van der Waals surface area (Å²) in [6, 6.07) is 1.44. The summed E-state index contributed by atoms with van der Waals surface area (Å²) in [5.74, 6) is -0.109. The highest BCUT2D eigenvalue weighted by molar-refractivity contribution is 5.78. The molecule has 0 aliphatic carbocycles. The number of benzene rings is 1. The lowest BCUT2D eigenvalue weighted by Gasteiger charge is -2.10. The highest BCUT2D eigenvalue weighted by atomic mass is 16.5. The first-order valence-corrected chi connectivity index (χ1v) is 4.75. The van der Waals surface area contributed by atoms with Crippen molar-refractivity contribution >= 4 is 5.88 Å². The van der Waals surface area contributed by atoms with E-state index in [0.29, 0.717) is 16.7 Å². The van der Waals surface area contributed by atoms with Crippen molar-refractivity contribution in [3.8, 4) is 22.6 Å². The molecule has 0 unspecified atom stereocenters. The molecule has 0 saturated heterocycles. The van der Waals surface area contributed by atoms with Gasteiger partial charge in [0, 0.05) is 0 Å². The first kappa shape index (κ1) is 10.4. The fourth-order valence-corrected chi connectivity index (χ4v) is 1.62. The zero-order valence-corrected chi connectivity index (χ0v) is 8.98. The maximum Gasteiger partial charge on any atom is 0.229 e. The van der Waals surface area contributed by atoms with Crippen LogP contribution >= 0.6 is 0 Å². The zero-order valence-electron chi connectivity index (χ0n) is 8.98. The topological polar surface area (TPSA) is 92.5 Å². The monoisotopic (exact) mass is 220 g/mol. The number of aromatic hydroxyl groups is 2. The van der Waals surface area contributed by atoms with Crippen LogP contribution in [0.15, 0.2) is 16.8 Å². The van der Waals surface area contributed by atoms with Crippen molar-refractivity contribution in [3.05, 3.63) is 23.4 Å². The van der Waals surface area contributed by atoms with Crippen LogP contribution in [0.1, 0.15) is 11.1 Å². The summed E-state index contributed by atoms with van der Waals surface area (Å²) in [6.07, 6.45) is 1.48. The molecule has 5 heteroatoms. The predicted octanol–water partition coefficient (Wildman–Crippen LogP) is 1.95. The SMILES string of the molecule is Cc1c(-c2cnoc2N)cc(O)c(O)c1C. The van der Waals surface area contributed by atoms with Gasteiger partial charge in [0.1, 0.15) is 0 Å². The van der Waals surface area contributed by atoms with Crippen LogP contribution in [0.5, 0.6) is 11.5 Å². The molecule has 2 rings (SSSR count). The van der Waals surface area contributed by atoms with E-state index in [1.807, 2.05) is 6.92 Å². The minimum atomic E-state index is -0.182. The molecule has 0 saturated carbocycles. The Morgan fingerprint density at radius 2 is 1.88 bits per heavy atom. The number of nitrogen functional groups attached to an aromatic ring is 1. The Labute approximate surface area is 92.1 Å². The predicted molar refractivity (Wildman–Crippen MR) is 59.2 cm³/mol. The van der Waals surface area contributed by atoms with Gasteiger partial charge < -0.3 is 20.5 Å². The molecule has 84 valence electrons. The second kappa shape index (κ2) is 3.44. The molecule has 1 aromatic carbocycles. The van der Waals surface area contributed by atoms with Crippen molar-refractivity contribution in [1.82, 2.24) is 5.16 Å². The average Bonchev–Trinajstić information content (AvgIpc) is 2.67. The van der Waals surface area contributed by atoms with Gasteiger partial charge in [-0.05, 0) is 36.6 Å². The highest BCUT2D eigenvalue weighted by Crippen LogP contribution is 2.39. The fourth-order valence-electron chi connectivity index (χ4n) is 1.62. The average molecular weight is 220 g/mol. The third kappa shape index (κ3) is 1.37. The van der Waals surface area contributed by atoms with Gasteiger partial charge in [0.05, 0.1) is 11.8 Å². The standard InChI is InChI=1S/C11H12N2O3/c1-5-6(2)10(15)9(14)3-7(5)8-4-13-16-11(8)12/h3-4,14-15H,12H2,1-2H3. The summed E-state index contributed by atoms with van der Waals surface area (Å²) < 4.78 is 4.77. The molecule has 0 spiro atoms. The molecule has 0 fully saturated rings. The van der Waals surface area contributed by atoms with Crippen molar-refractivity contribution in [1.29, 1.82) is 0 Å². The van der Waals surface area contributed by atoms with Crippen LogP contribution in [0.2, 0.25) is 0 Å². The van der Waals surface area contributed by atoms with Gasteiger partial charge in [0.25, 0.3) is 0 Å². The molecule has 1 aromatic heterocycles. The molecule has 0 atom stereocenters. The van der Waals surface area contributed by atoms with Crippen LogP contribution in [0.25, 0.3) is 11.1 Å². The lowest BCUT2D eigenvalue weighted by molar-refractivity contribution is 0.401. The van der Waals surface area contributed by atoms with Gasteiger partial charge in [-0.15, -0.1) is 0 Å². The summed E-state index contributed by atoms with van der Waals surface area (Å²) in [6.45, 7) is 3.55. The van der Waals surface area contributed by atoms with Gasteiger partial charge in [-0.1, -0.05) is 5.16 Å². The molecule has 0 radical (unpaired) electrons. The fraction of sp³-hybridized carbons (Fsp3) is 0.182. The van der Waals surface area contributed by atoms with Crippen molar-refractivity contribution in [3.63, 3.8) is 0 Å². The molecule has 0 aliphatic rings. The molecule has 1 heterocycles. The third-order valence-electron chi connectivity index (χ3n) is 2.73. The van der Waals surface area contributed by atoms with Crippen LogP contribution in [0, 0.1) is 13.8 Å². The largest absolute Gasteiger partial charge is 0.504 e. The number of anilines is 1. The number of aromatic nitrogens is 1. The number of hydrogen-bond acceptors (Lipinski definition) is 5. The summed E-state index contributed by atoms with van der Waals surface area (Å²) in [4.78, 5) is 0. The Kier molecular flexibility index (Phi) is 2.23. The second-order valence-electron chi connectivity index (χ2n) is 3.65. The minimum absolute atomic E-state index is 0.115. The van der Waals surface area contributed by atoms with Crippen molar-refractivity contribution < 1.29 is 14.7 Å². The summed E-state index contributed by atoms with van der Waals surface area (Å²) >= 11 is 0. The van der Waals surface area contributed by atoms with Gasteiger partial charge in [0.15, 0.2) is 11.5 Å². The Balaban J connectivity index is 2.72. The van der Waals surface area contributed by atoms with Crippen LogP contribution in [-0.4, -0.2) is 15.4 Å². The number of nitrogens with zero attached hydrogens (tertiary/aromatic N) is 1. The van der Waals surface area contributed by atoms with Crippen LogP contribution in [-0.2, 0) is 0 Å². The van der Waals surface area contributed by atoms with E-state index in [1.54, 1.807) is 6.92 Å². The summed E-state index contributed by atoms with van der Waals surface area (Å²) in [5.41, 5.74) is 8.35. The molecule has 0 bridgehead atoms. The van der Waals surface area contributed by atoms with E-state index in [2.05, 4.69) is 5.16 Å². The van der Waals surface area contributed by atoms with Gasteiger partial charge in [-0.2, -0.15) is 0 Å². The van der Waals surface area contributed by atoms with E-state index in [9.17, 15) is 10.2 Å². The zero-order chi connectivity index (χ0) is 11.9. The Hall–Kier alpha value is -2.17. The molecule has 0 amide bonds. The third-order valence-corrected chi connectivity index (χ3v) is 2.73. The maximum atomic E-state index is 9.56. The summed E-state index contributed by atoms with van der Waals surface area (Å²) in [7, 11) is 0. The van der Waals surface area contributed by atoms with Gasteiger partial charge in [0.2, 0.25) is 5.88 Å². The molecular formula is C11H12N2O3. The normalized spacial score (nSPS) is 10.6. The van der Waals surface area contributed by atoms with E-state index < -0.39 is 0 Å². The van der Waals surface area contributed by atoms with Crippen LogP contribution in [0.4, 0.5) is 5.88 Å². The Morgan fingerprint density at radius 1 is 1.19 bits per heavy atom. The van der Waals surface area contributed by atoms with Crippen molar-refractivity contribution in [2.45, 2.75) is 13.8 Å². The minimum Gasteiger partial charge on any atom is -0.504 e. The van der Waals surface area contributed by atoms with Gasteiger partial charge >= 0.3 is 0 Å². The highest BCUT2D eigenvalue weighted by Gasteiger charge is 2.16. The van der Waals surface area contributed by atoms with Gasteiger partial charge in [-0.25, -0.2) is 0 Å². The quantitative estimate of drug-likeness (QED) is 0.639. The number of phenols is 2. The molecule has 5 nitrogen and oxygen atoms in total. The number of rotatable bonds is 1. The number of phenolic OH excluding ortho intramolecular Hbond substituents is 2. The molecule has 4 N–H and O–H groups in total. The first-order chi connectivity index (χ1) is 7.52. The summed E-state index contributed by atoms with van der Waals surface area (Å²) in [5, 5.41) is 22.7. The van der Waals surface area contributed by atoms with Gasteiger partial charge in [-0.3, -0.25) is 0 Å². The lowest BCUT2D eigenvalue weighted by Crippen LogP contribution is -1.91. The van der Waals surface area contributed by atoms with Crippen molar-refractivity contribution in [2.24, 2.45) is 0 Å². The van der Waals surface area contributed by atoms with Crippen molar-refractivity contribution in [2.75, 3.05) is 5.73 Å². The molecule has 16 heavy (non-hydrogen) atoms. The Bertz CT molecular complexity index is 546. The molecular weight excluding hydrogens is 208 g/mol. The van der Waals surface area contributed by atoms with Crippen LogP contribution < -0.4 is 5.73 Å². The molecule has 0 aliphatic heterocycles. The number of nitrogens with two attached hydrogens (primary N) is 1. The van der Waals surface area contributed by atoms with E-state index in [1.165, 1.54) is 12.3 Å². The van der Waals surface area contributed by atoms with E-state index in [-0.39, 0.29) is 17.4 Å². The lowest BCUT2D eigenvalue weighted by atomic mass is 9.97. The van der Waals surface area contributed by atoms with E-state index in [0.717, 1.165) is 5.56 Å². The van der Waals surface area contributed by atoms with E-state index in [4.69, 9.17) is 10.3 Å². The molecule has 2 aromatic rings. The number of hydrogen-bond donors (Lipinski definition) is 3. The van der Waals surface area contributed by atoms with E-state index >= 15 is 0 Å². The second-order valence-corrected chi connectivity index (χ2v) is 3.65.